The Morgan fingerprint density at radius 2 is 1.89 bits per heavy atom. The summed E-state index contributed by atoms with van der Waals surface area (Å²) < 4.78 is 5.23. The molecule has 0 spiro atoms. The smallest absolute Gasteiger partial charge is 0.334 e. The Morgan fingerprint density at radius 1 is 1.32 bits per heavy atom. The summed E-state index contributed by atoms with van der Waals surface area (Å²) in [4.78, 5) is 12.6. The molecule has 1 aromatic carbocycles. The number of halogens is 2. The van der Waals surface area contributed by atoms with E-state index in [2.05, 4.69) is 15.9 Å². The topological polar surface area (TPSA) is 55.6 Å². The Kier molecular flexibility index (Phi) is 4.79. The van der Waals surface area contributed by atoms with E-state index in [4.69, 9.17) is 16.3 Å². The minimum atomic E-state index is -0.431. The number of morpholine rings is 1. The molecule has 1 fully saturated rings. The summed E-state index contributed by atoms with van der Waals surface area (Å²) in [5.74, 6) is 0. The van der Waals surface area contributed by atoms with Crippen LogP contribution in [0.2, 0.25) is 5.02 Å². The van der Waals surface area contributed by atoms with Crippen LogP contribution in [0.1, 0.15) is 5.56 Å². The predicted molar refractivity (Wildman–Crippen MR) is 76.7 cm³/mol. The lowest BCUT2D eigenvalue weighted by atomic mass is 10.1. The van der Waals surface area contributed by atoms with E-state index in [1.807, 2.05) is 4.90 Å². The zero-order valence-electron chi connectivity index (χ0n) is 10.0. The normalized spacial score (nSPS) is 17.1. The molecule has 0 unspecified atom stereocenters. The van der Waals surface area contributed by atoms with Gasteiger partial charge in [-0.1, -0.05) is 23.7 Å². The third kappa shape index (κ3) is 3.46. The molecule has 1 heterocycles. The minimum absolute atomic E-state index is 0.0447. The summed E-state index contributed by atoms with van der Waals surface area (Å²) in [5.41, 5.74) is 1.32. The summed E-state index contributed by atoms with van der Waals surface area (Å²) in [7, 11) is 0. The molecule has 2 rings (SSSR count). The van der Waals surface area contributed by atoms with Gasteiger partial charge in [0, 0.05) is 39.6 Å². The molecule has 0 radical (unpaired) electrons. The molecular formula is C12H12BrClN2O3. The van der Waals surface area contributed by atoms with Gasteiger partial charge in [-0.05, 0) is 12.1 Å². The molecule has 102 valence electrons. The van der Waals surface area contributed by atoms with Crippen molar-refractivity contribution in [3.8, 4) is 0 Å². The van der Waals surface area contributed by atoms with E-state index in [-0.39, 0.29) is 4.61 Å². The Labute approximate surface area is 124 Å². The van der Waals surface area contributed by atoms with Crippen LogP contribution in [0.4, 0.5) is 0 Å². The maximum atomic E-state index is 11.0. The van der Waals surface area contributed by atoms with Gasteiger partial charge in [-0.2, -0.15) is 0 Å². The molecule has 1 aliphatic heterocycles. The number of benzene rings is 1. The van der Waals surface area contributed by atoms with Crippen molar-refractivity contribution in [2.24, 2.45) is 0 Å². The zero-order chi connectivity index (χ0) is 13.8. The molecule has 0 atom stereocenters. The van der Waals surface area contributed by atoms with Gasteiger partial charge in [-0.3, -0.25) is 10.1 Å². The first-order chi connectivity index (χ1) is 9.09. The molecule has 0 amide bonds. The lowest BCUT2D eigenvalue weighted by Crippen LogP contribution is -2.35. The van der Waals surface area contributed by atoms with E-state index in [1.54, 1.807) is 24.3 Å². The van der Waals surface area contributed by atoms with Crippen LogP contribution in [0.3, 0.4) is 0 Å². The van der Waals surface area contributed by atoms with E-state index in [1.165, 1.54) is 0 Å². The molecule has 0 saturated carbocycles. The summed E-state index contributed by atoms with van der Waals surface area (Å²) in [5, 5.41) is 11.6. The van der Waals surface area contributed by atoms with Crippen molar-refractivity contribution in [1.82, 2.24) is 4.90 Å². The van der Waals surface area contributed by atoms with Crippen LogP contribution in [0.25, 0.3) is 5.70 Å². The first kappa shape index (κ1) is 14.3. The lowest BCUT2D eigenvalue weighted by molar-refractivity contribution is -0.408. The van der Waals surface area contributed by atoms with Crippen molar-refractivity contribution in [2.75, 3.05) is 26.3 Å². The van der Waals surface area contributed by atoms with Crippen molar-refractivity contribution in [3.05, 3.63) is 49.6 Å². The standard InChI is InChI=1S/C12H12BrClN2O3/c13-12(16(17)18)11(15-5-7-19-8-6-15)9-1-3-10(14)4-2-9/h1-4H,5-8H2/b12-11+. The zero-order valence-corrected chi connectivity index (χ0v) is 12.4. The third-order valence-electron chi connectivity index (χ3n) is 2.80. The second kappa shape index (κ2) is 6.36. The molecular weight excluding hydrogens is 336 g/mol. The van der Waals surface area contributed by atoms with Crippen LogP contribution in [-0.4, -0.2) is 36.1 Å². The summed E-state index contributed by atoms with van der Waals surface area (Å²) in [6.45, 7) is 2.38. The Hall–Kier alpha value is -1.11. The average molecular weight is 348 g/mol. The quantitative estimate of drug-likeness (QED) is 0.479. The minimum Gasteiger partial charge on any atom is -0.378 e. The van der Waals surface area contributed by atoms with Crippen molar-refractivity contribution < 1.29 is 9.66 Å². The fourth-order valence-electron chi connectivity index (χ4n) is 1.91. The highest BCUT2D eigenvalue weighted by Crippen LogP contribution is 2.28. The van der Waals surface area contributed by atoms with E-state index < -0.39 is 4.92 Å². The lowest BCUT2D eigenvalue weighted by Gasteiger charge is -2.30. The van der Waals surface area contributed by atoms with Gasteiger partial charge < -0.3 is 9.64 Å². The molecule has 1 aliphatic rings. The average Bonchev–Trinajstić information content (AvgIpc) is 2.42. The number of nitrogens with zero attached hydrogens (tertiary/aromatic N) is 2. The molecule has 0 N–H and O–H groups in total. The first-order valence-electron chi connectivity index (χ1n) is 5.72. The molecule has 0 aromatic heterocycles. The van der Waals surface area contributed by atoms with Gasteiger partial charge in [-0.25, -0.2) is 0 Å². The van der Waals surface area contributed by atoms with Crippen molar-refractivity contribution in [3.63, 3.8) is 0 Å². The molecule has 1 aromatic rings. The SMILES string of the molecule is O=[N+]([O-])/C(Br)=C(\c1ccc(Cl)cc1)N1CCOCC1. The molecule has 1 saturated heterocycles. The van der Waals surface area contributed by atoms with Crippen LogP contribution in [-0.2, 0) is 4.74 Å². The number of ether oxygens (including phenoxy) is 1. The number of rotatable bonds is 3. The largest absolute Gasteiger partial charge is 0.378 e. The Morgan fingerprint density at radius 3 is 2.42 bits per heavy atom. The molecule has 0 bridgehead atoms. The van der Waals surface area contributed by atoms with Crippen LogP contribution in [0.15, 0.2) is 28.9 Å². The third-order valence-corrected chi connectivity index (χ3v) is 3.72. The molecule has 7 heteroatoms. The fraction of sp³-hybridized carbons (Fsp3) is 0.333. The van der Waals surface area contributed by atoms with Gasteiger partial charge in [0.2, 0.25) is 0 Å². The predicted octanol–water partition coefficient (Wildman–Crippen LogP) is 2.97. The maximum Gasteiger partial charge on any atom is 0.334 e. The second-order valence-electron chi connectivity index (χ2n) is 4.00. The summed E-state index contributed by atoms with van der Waals surface area (Å²) in [6, 6.07) is 6.99. The summed E-state index contributed by atoms with van der Waals surface area (Å²) in [6.07, 6.45) is 0. The van der Waals surface area contributed by atoms with Crippen molar-refractivity contribution in [1.29, 1.82) is 0 Å². The van der Waals surface area contributed by atoms with Crippen LogP contribution < -0.4 is 0 Å². The molecule has 0 aliphatic carbocycles. The van der Waals surface area contributed by atoms with Crippen molar-refractivity contribution >= 4 is 33.2 Å². The number of nitro groups is 1. The van der Waals surface area contributed by atoms with Gasteiger partial charge in [0.15, 0.2) is 0 Å². The van der Waals surface area contributed by atoms with Gasteiger partial charge in [0.05, 0.1) is 18.1 Å². The van der Waals surface area contributed by atoms with E-state index in [0.717, 1.165) is 5.56 Å². The fourth-order valence-corrected chi connectivity index (χ4v) is 2.52. The summed E-state index contributed by atoms with van der Waals surface area (Å²) >= 11 is 8.91. The number of hydrogen-bond donors (Lipinski definition) is 0. The highest BCUT2D eigenvalue weighted by molar-refractivity contribution is 9.11. The van der Waals surface area contributed by atoms with Gasteiger partial charge in [0.1, 0.15) is 5.70 Å². The second-order valence-corrected chi connectivity index (χ2v) is 5.19. The highest BCUT2D eigenvalue weighted by atomic mass is 79.9. The van der Waals surface area contributed by atoms with E-state index in [0.29, 0.717) is 37.0 Å². The van der Waals surface area contributed by atoms with Gasteiger partial charge >= 0.3 is 4.61 Å². The monoisotopic (exact) mass is 346 g/mol. The van der Waals surface area contributed by atoms with E-state index >= 15 is 0 Å². The van der Waals surface area contributed by atoms with Crippen LogP contribution >= 0.6 is 27.5 Å². The van der Waals surface area contributed by atoms with Crippen LogP contribution in [0.5, 0.6) is 0 Å². The van der Waals surface area contributed by atoms with Gasteiger partial charge in [-0.15, -0.1) is 0 Å². The maximum absolute atomic E-state index is 11.0. The Bertz CT molecular complexity index is 498. The van der Waals surface area contributed by atoms with Crippen molar-refractivity contribution in [2.45, 2.75) is 0 Å². The van der Waals surface area contributed by atoms with Gasteiger partial charge in [0.25, 0.3) is 0 Å². The molecule has 5 nitrogen and oxygen atoms in total. The van der Waals surface area contributed by atoms with E-state index in [9.17, 15) is 10.1 Å². The number of hydrogen-bond acceptors (Lipinski definition) is 4. The highest BCUT2D eigenvalue weighted by Gasteiger charge is 2.24. The molecule has 19 heavy (non-hydrogen) atoms. The van der Waals surface area contributed by atoms with Crippen LogP contribution in [0, 0.1) is 10.1 Å². The Balaban J connectivity index is 2.42. The first-order valence-corrected chi connectivity index (χ1v) is 6.89.